The molecule has 27 heavy (non-hydrogen) atoms. The fourth-order valence-corrected chi connectivity index (χ4v) is 3.63. The number of hydrogen-bond acceptors (Lipinski definition) is 4. The van der Waals surface area contributed by atoms with E-state index in [1.54, 1.807) is 20.1 Å². The van der Waals surface area contributed by atoms with Gasteiger partial charge < -0.3 is 15.4 Å². The van der Waals surface area contributed by atoms with Gasteiger partial charge in [-0.15, -0.1) is 24.0 Å². The van der Waals surface area contributed by atoms with Gasteiger partial charge in [-0.2, -0.15) is 0 Å². The summed E-state index contributed by atoms with van der Waals surface area (Å²) in [5, 5.41) is 6.54. The second kappa shape index (κ2) is 11.2. The number of halogens is 1. The molecule has 1 unspecified atom stereocenters. The van der Waals surface area contributed by atoms with E-state index >= 15 is 0 Å². The molecule has 0 aliphatic heterocycles. The summed E-state index contributed by atoms with van der Waals surface area (Å²) in [6.45, 7) is 12.1. The molecule has 1 aromatic rings. The lowest BCUT2D eigenvalue weighted by atomic mass is 9.89. The van der Waals surface area contributed by atoms with Gasteiger partial charge in [0, 0.05) is 26.5 Å². The Morgan fingerprint density at radius 3 is 2.33 bits per heavy atom. The molecule has 6 nitrogen and oxygen atoms in total. The molecule has 0 bridgehead atoms. The highest BCUT2D eigenvalue weighted by Crippen LogP contribution is 2.21. The molecule has 0 aliphatic rings. The van der Waals surface area contributed by atoms with Gasteiger partial charge in [0.1, 0.15) is 0 Å². The van der Waals surface area contributed by atoms with Gasteiger partial charge in [0.15, 0.2) is 15.8 Å². The van der Waals surface area contributed by atoms with Crippen LogP contribution in [0.1, 0.15) is 38.8 Å². The standard InChI is InChI=1S/C19H33N3O3S.HI/c1-8-20-18(22-13-17(25-6)19(3,4)5)21-12-15-9-10-16(14(2)11-15)26(7,23)24;/h9-11,17H,8,12-13H2,1-7H3,(H2,20,21,22);1H. The first-order valence-electron chi connectivity index (χ1n) is 8.83. The number of nitrogens with one attached hydrogen (secondary N) is 2. The summed E-state index contributed by atoms with van der Waals surface area (Å²) in [5.41, 5.74) is 1.73. The normalized spacial score (nSPS) is 13.7. The van der Waals surface area contributed by atoms with Gasteiger partial charge in [-0.1, -0.05) is 32.9 Å². The van der Waals surface area contributed by atoms with E-state index < -0.39 is 9.84 Å². The molecule has 156 valence electrons. The molecule has 1 atom stereocenters. The van der Waals surface area contributed by atoms with Gasteiger partial charge in [-0.3, -0.25) is 0 Å². The Balaban J connectivity index is 0.00000676. The summed E-state index contributed by atoms with van der Waals surface area (Å²) in [5.74, 6) is 0.712. The lowest BCUT2D eigenvalue weighted by Crippen LogP contribution is -2.45. The minimum Gasteiger partial charge on any atom is -0.379 e. The monoisotopic (exact) mass is 511 g/mol. The zero-order valence-electron chi connectivity index (χ0n) is 17.4. The lowest BCUT2D eigenvalue weighted by molar-refractivity contribution is 0.0205. The van der Waals surface area contributed by atoms with Crippen LogP contribution in [-0.2, 0) is 21.1 Å². The molecular weight excluding hydrogens is 477 g/mol. The Morgan fingerprint density at radius 1 is 1.26 bits per heavy atom. The summed E-state index contributed by atoms with van der Waals surface area (Å²) in [4.78, 5) is 4.96. The Morgan fingerprint density at radius 2 is 1.89 bits per heavy atom. The number of sulfone groups is 1. The highest BCUT2D eigenvalue weighted by molar-refractivity contribution is 14.0. The summed E-state index contributed by atoms with van der Waals surface area (Å²) < 4.78 is 29.0. The van der Waals surface area contributed by atoms with Crippen molar-refractivity contribution in [1.82, 2.24) is 10.6 Å². The van der Waals surface area contributed by atoms with Crippen molar-refractivity contribution in [1.29, 1.82) is 0 Å². The van der Waals surface area contributed by atoms with Crippen LogP contribution in [0.2, 0.25) is 0 Å². The third kappa shape index (κ3) is 8.78. The van der Waals surface area contributed by atoms with Gasteiger partial charge in [-0.05, 0) is 36.5 Å². The van der Waals surface area contributed by atoms with Crippen LogP contribution in [0.5, 0.6) is 0 Å². The summed E-state index contributed by atoms with van der Waals surface area (Å²) >= 11 is 0. The van der Waals surface area contributed by atoms with Crippen molar-refractivity contribution < 1.29 is 13.2 Å². The fraction of sp³-hybridized carbons (Fsp3) is 0.632. The predicted octanol–water partition coefficient (Wildman–Crippen LogP) is 3.13. The number of rotatable bonds is 7. The maximum atomic E-state index is 11.7. The number of aryl methyl sites for hydroxylation is 1. The van der Waals surface area contributed by atoms with Gasteiger partial charge >= 0.3 is 0 Å². The largest absolute Gasteiger partial charge is 0.379 e. The van der Waals surface area contributed by atoms with Crippen LogP contribution in [0.25, 0.3) is 0 Å². The van der Waals surface area contributed by atoms with Crippen molar-refractivity contribution in [2.75, 3.05) is 26.5 Å². The van der Waals surface area contributed by atoms with Crippen molar-refractivity contribution in [2.45, 2.75) is 52.2 Å². The topological polar surface area (TPSA) is 79.8 Å². The van der Waals surface area contributed by atoms with Crippen LogP contribution in [0.4, 0.5) is 0 Å². The molecule has 1 rings (SSSR count). The molecule has 0 spiro atoms. The van der Waals surface area contributed by atoms with Crippen LogP contribution < -0.4 is 10.6 Å². The van der Waals surface area contributed by atoms with Crippen molar-refractivity contribution in [3.63, 3.8) is 0 Å². The Labute approximate surface area is 181 Å². The van der Waals surface area contributed by atoms with E-state index in [2.05, 4.69) is 36.4 Å². The van der Waals surface area contributed by atoms with Crippen LogP contribution in [0.3, 0.4) is 0 Å². The van der Waals surface area contributed by atoms with Gasteiger partial charge in [-0.25, -0.2) is 13.4 Å². The first-order chi connectivity index (χ1) is 12.0. The van der Waals surface area contributed by atoms with Crippen LogP contribution >= 0.6 is 24.0 Å². The number of ether oxygens (including phenoxy) is 1. The van der Waals surface area contributed by atoms with Gasteiger partial charge in [0.05, 0.1) is 17.5 Å². The molecule has 0 saturated heterocycles. The van der Waals surface area contributed by atoms with E-state index in [1.165, 1.54) is 6.26 Å². The third-order valence-electron chi connectivity index (χ3n) is 4.11. The SMILES string of the molecule is CCNC(=NCc1ccc(S(C)(=O)=O)c(C)c1)NCC(OC)C(C)(C)C.I. The van der Waals surface area contributed by atoms with Crippen molar-refractivity contribution in [3.8, 4) is 0 Å². The van der Waals surface area contributed by atoms with Gasteiger partial charge in [0.25, 0.3) is 0 Å². The quantitative estimate of drug-likeness (QED) is 0.334. The van der Waals surface area contributed by atoms with Crippen LogP contribution in [-0.4, -0.2) is 46.9 Å². The molecular formula is C19H34IN3O3S. The highest BCUT2D eigenvalue weighted by Gasteiger charge is 2.24. The van der Waals surface area contributed by atoms with Gasteiger partial charge in [0.2, 0.25) is 0 Å². The average Bonchev–Trinajstić information content (AvgIpc) is 2.50. The molecule has 8 heteroatoms. The minimum absolute atomic E-state index is 0. The first kappa shape index (κ1) is 26.1. The zero-order valence-corrected chi connectivity index (χ0v) is 20.6. The third-order valence-corrected chi connectivity index (χ3v) is 5.37. The second-order valence-corrected chi connectivity index (χ2v) is 9.52. The highest BCUT2D eigenvalue weighted by atomic mass is 127. The van der Waals surface area contributed by atoms with Crippen LogP contribution in [0, 0.1) is 12.3 Å². The van der Waals surface area contributed by atoms with E-state index in [-0.39, 0.29) is 35.5 Å². The van der Waals surface area contributed by atoms with Crippen molar-refractivity contribution >= 4 is 39.8 Å². The van der Waals surface area contributed by atoms with E-state index in [0.717, 1.165) is 17.7 Å². The Hall–Kier alpha value is -0.870. The summed E-state index contributed by atoms with van der Waals surface area (Å²) in [7, 11) is -1.48. The number of hydrogen-bond donors (Lipinski definition) is 2. The molecule has 1 aromatic carbocycles. The molecule has 0 aromatic heterocycles. The molecule has 2 N–H and O–H groups in total. The maximum Gasteiger partial charge on any atom is 0.191 e. The average molecular weight is 511 g/mol. The van der Waals surface area contributed by atoms with Crippen molar-refractivity contribution in [3.05, 3.63) is 29.3 Å². The lowest BCUT2D eigenvalue weighted by Gasteiger charge is -2.30. The molecule has 0 amide bonds. The summed E-state index contributed by atoms with van der Waals surface area (Å²) in [6, 6.07) is 5.33. The predicted molar refractivity (Wildman–Crippen MR) is 123 cm³/mol. The number of guanidine groups is 1. The molecule has 0 heterocycles. The zero-order chi connectivity index (χ0) is 20.0. The van der Waals surface area contributed by atoms with E-state index in [9.17, 15) is 8.42 Å². The molecule has 0 saturated carbocycles. The Kier molecular flexibility index (Phi) is 10.8. The second-order valence-electron chi connectivity index (χ2n) is 7.54. The number of aliphatic imine (C=N–C) groups is 1. The fourth-order valence-electron chi connectivity index (χ4n) is 2.67. The van der Waals surface area contributed by atoms with E-state index in [1.807, 2.05) is 19.1 Å². The van der Waals surface area contributed by atoms with Crippen LogP contribution in [0.15, 0.2) is 28.1 Å². The van der Waals surface area contributed by atoms with Crippen molar-refractivity contribution in [2.24, 2.45) is 10.4 Å². The minimum atomic E-state index is -3.20. The van der Waals surface area contributed by atoms with E-state index in [0.29, 0.717) is 23.9 Å². The number of nitrogens with zero attached hydrogens (tertiary/aromatic N) is 1. The molecule has 0 fully saturated rings. The maximum absolute atomic E-state index is 11.7. The Bertz CT molecular complexity index is 728. The smallest absolute Gasteiger partial charge is 0.191 e. The number of benzene rings is 1. The first-order valence-corrected chi connectivity index (χ1v) is 10.7. The molecule has 0 aliphatic carbocycles. The summed E-state index contributed by atoms with van der Waals surface area (Å²) in [6.07, 6.45) is 1.28. The number of methoxy groups -OCH3 is 1. The molecule has 0 radical (unpaired) electrons. The van der Waals surface area contributed by atoms with E-state index in [4.69, 9.17) is 4.74 Å².